The van der Waals surface area contributed by atoms with Crippen LogP contribution in [0.3, 0.4) is 0 Å². The van der Waals surface area contributed by atoms with E-state index >= 15 is 0 Å². The topological polar surface area (TPSA) is 67.6 Å². The molecule has 0 unspecified atom stereocenters. The summed E-state index contributed by atoms with van der Waals surface area (Å²) in [4.78, 5) is 4.28. The maximum absolute atomic E-state index is 5.47. The van der Waals surface area contributed by atoms with Gasteiger partial charge in [0, 0.05) is 5.56 Å². The minimum absolute atomic E-state index is 0.386. The van der Waals surface area contributed by atoms with E-state index in [4.69, 9.17) is 5.73 Å². The Morgan fingerprint density at radius 1 is 1.25 bits per heavy atom. The summed E-state index contributed by atoms with van der Waals surface area (Å²) in [7, 11) is 0. The zero-order valence-electron chi connectivity index (χ0n) is 9.57. The van der Waals surface area contributed by atoms with E-state index < -0.39 is 0 Å². The molecule has 0 spiro atoms. The number of nitrogens with two attached hydrogens (primary N) is 1. The third kappa shape index (κ3) is 2.12. The first-order valence-corrected chi connectivity index (χ1v) is 5.42. The number of nitrogens with one attached hydrogen (secondary N) is 1. The lowest BCUT2D eigenvalue weighted by Crippen LogP contribution is -1.97. The smallest absolute Gasteiger partial charge is 0.181 e. The molecule has 4 heteroatoms. The van der Waals surface area contributed by atoms with Crippen LogP contribution in [0.4, 0.5) is 0 Å². The summed E-state index contributed by atoms with van der Waals surface area (Å²) in [6.45, 7) is 4.74. The van der Waals surface area contributed by atoms with Crippen molar-refractivity contribution in [2.45, 2.75) is 26.3 Å². The van der Waals surface area contributed by atoms with Crippen molar-refractivity contribution in [3.05, 3.63) is 35.7 Å². The third-order valence-electron chi connectivity index (χ3n) is 2.56. The highest BCUT2D eigenvalue weighted by Gasteiger charge is 2.05. The summed E-state index contributed by atoms with van der Waals surface area (Å²) in [6, 6.07) is 8.30. The van der Waals surface area contributed by atoms with Gasteiger partial charge in [-0.25, -0.2) is 4.98 Å². The average molecular weight is 216 g/mol. The Morgan fingerprint density at radius 3 is 2.44 bits per heavy atom. The second-order valence-electron chi connectivity index (χ2n) is 4.09. The number of benzene rings is 1. The van der Waals surface area contributed by atoms with E-state index in [0.29, 0.717) is 24.1 Å². The number of aromatic amines is 1. The number of H-pyrrole nitrogens is 1. The summed E-state index contributed by atoms with van der Waals surface area (Å²) in [5, 5.41) is 6.92. The van der Waals surface area contributed by atoms with Crippen molar-refractivity contribution in [2.75, 3.05) is 0 Å². The van der Waals surface area contributed by atoms with Gasteiger partial charge < -0.3 is 5.73 Å². The Balaban J connectivity index is 2.27. The molecular weight excluding hydrogens is 200 g/mol. The molecule has 1 heterocycles. The quantitative estimate of drug-likeness (QED) is 0.825. The highest BCUT2D eigenvalue weighted by atomic mass is 15.2. The van der Waals surface area contributed by atoms with E-state index in [1.54, 1.807) is 0 Å². The minimum atomic E-state index is 0.386. The predicted molar refractivity (Wildman–Crippen MR) is 63.8 cm³/mol. The molecule has 16 heavy (non-hydrogen) atoms. The van der Waals surface area contributed by atoms with Crippen molar-refractivity contribution in [1.82, 2.24) is 15.2 Å². The molecule has 84 valence electrons. The first-order chi connectivity index (χ1) is 7.70. The maximum Gasteiger partial charge on any atom is 0.181 e. The van der Waals surface area contributed by atoms with Crippen LogP contribution in [-0.2, 0) is 6.54 Å². The standard InChI is InChI=1S/C12H16N4/c1-8(2)9-3-5-10(6-4-9)12-14-11(7-13)15-16-12/h3-6,8H,7,13H2,1-2H3,(H,14,15,16). The number of rotatable bonds is 3. The summed E-state index contributed by atoms with van der Waals surface area (Å²) >= 11 is 0. The van der Waals surface area contributed by atoms with Crippen LogP contribution in [0.25, 0.3) is 11.4 Å². The van der Waals surface area contributed by atoms with Crippen LogP contribution in [0.5, 0.6) is 0 Å². The van der Waals surface area contributed by atoms with Gasteiger partial charge >= 0.3 is 0 Å². The summed E-state index contributed by atoms with van der Waals surface area (Å²) in [5.41, 5.74) is 7.80. The van der Waals surface area contributed by atoms with Crippen LogP contribution < -0.4 is 5.73 Å². The van der Waals surface area contributed by atoms with Gasteiger partial charge in [-0.2, -0.15) is 5.10 Å². The zero-order valence-corrected chi connectivity index (χ0v) is 9.57. The maximum atomic E-state index is 5.47. The molecule has 0 fully saturated rings. The number of hydrogen-bond acceptors (Lipinski definition) is 3. The molecular formula is C12H16N4. The highest BCUT2D eigenvalue weighted by Crippen LogP contribution is 2.19. The van der Waals surface area contributed by atoms with E-state index in [0.717, 1.165) is 5.56 Å². The molecule has 0 atom stereocenters. The fourth-order valence-electron chi connectivity index (χ4n) is 1.53. The lowest BCUT2D eigenvalue weighted by Gasteiger charge is -2.04. The van der Waals surface area contributed by atoms with Gasteiger partial charge in [-0.15, -0.1) is 0 Å². The first kappa shape index (κ1) is 10.8. The largest absolute Gasteiger partial charge is 0.324 e. The van der Waals surface area contributed by atoms with Gasteiger partial charge in [0.15, 0.2) is 5.82 Å². The monoisotopic (exact) mass is 216 g/mol. The Morgan fingerprint density at radius 2 is 1.94 bits per heavy atom. The number of hydrogen-bond donors (Lipinski definition) is 2. The summed E-state index contributed by atoms with van der Waals surface area (Å²) in [5.74, 6) is 1.96. The van der Waals surface area contributed by atoms with Crippen LogP contribution in [-0.4, -0.2) is 15.2 Å². The molecule has 0 radical (unpaired) electrons. The average Bonchev–Trinajstić information content (AvgIpc) is 2.77. The molecule has 0 aliphatic rings. The van der Waals surface area contributed by atoms with Crippen molar-refractivity contribution < 1.29 is 0 Å². The normalized spacial score (nSPS) is 11.0. The molecule has 0 bridgehead atoms. The Hall–Kier alpha value is -1.68. The van der Waals surface area contributed by atoms with Crippen LogP contribution in [0.15, 0.2) is 24.3 Å². The van der Waals surface area contributed by atoms with Crippen molar-refractivity contribution in [1.29, 1.82) is 0 Å². The van der Waals surface area contributed by atoms with Crippen LogP contribution in [0, 0.1) is 0 Å². The van der Waals surface area contributed by atoms with Gasteiger partial charge in [0.1, 0.15) is 5.82 Å². The molecule has 0 amide bonds. The summed E-state index contributed by atoms with van der Waals surface area (Å²) < 4.78 is 0. The first-order valence-electron chi connectivity index (χ1n) is 5.42. The second kappa shape index (κ2) is 4.45. The Labute approximate surface area is 94.9 Å². The Bertz CT molecular complexity index is 456. The molecule has 2 aromatic rings. The molecule has 1 aromatic carbocycles. The predicted octanol–water partition coefficient (Wildman–Crippen LogP) is 2.05. The van der Waals surface area contributed by atoms with Crippen LogP contribution in [0.1, 0.15) is 31.2 Å². The lowest BCUT2D eigenvalue weighted by atomic mass is 10.0. The van der Waals surface area contributed by atoms with E-state index in [9.17, 15) is 0 Å². The molecule has 0 saturated carbocycles. The molecule has 4 nitrogen and oxygen atoms in total. The molecule has 0 saturated heterocycles. The molecule has 1 aromatic heterocycles. The van der Waals surface area contributed by atoms with Crippen molar-refractivity contribution >= 4 is 0 Å². The van der Waals surface area contributed by atoms with E-state index in [1.165, 1.54) is 5.56 Å². The highest BCUT2D eigenvalue weighted by molar-refractivity contribution is 5.55. The van der Waals surface area contributed by atoms with Crippen LogP contribution >= 0.6 is 0 Å². The molecule has 2 rings (SSSR count). The molecule has 0 aliphatic carbocycles. The van der Waals surface area contributed by atoms with E-state index in [2.05, 4.69) is 41.2 Å². The zero-order chi connectivity index (χ0) is 11.5. The van der Waals surface area contributed by atoms with Crippen molar-refractivity contribution in [2.24, 2.45) is 5.73 Å². The van der Waals surface area contributed by atoms with Gasteiger partial charge in [0.05, 0.1) is 6.54 Å². The van der Waals surface area contributed by atoms with Gasteiger partial charge in [0.2, 0.25) is 0 Å². The second-order valence-corrected chi connectivity index (χ2v) is 4.09. The van der Waals surface area contributed by atoms with E-state index in [-0.39, 0.29) is 0 Å². The summed E-state index contributed by atoms with van der Waals surface area (Å²) in [6.07, 6.45) is 0. The van der Waals surface area contributed by atoms with Gasteiger partial charge in [0.25, 0.3) is 0 Å². The van der Waals surface area contributed by atoms with Crippen LogP contribution in [0.2, 0.25) is 0 Å². The Kier molecular flexibility index (Phi) is 3.01. The SMILES string of the molecule is CC(C)c1ccc(-c2n[nH]c(CN)n2)cc1. The van der Waals surface area contributed by atoms with E-state index in [1.807, 2.05) is 12.1 Å². The lowest BCUT2D eigenvalue weighted by molar-refractivity contribution is 0.867. The van der Waals surface area contributed by atoms with Gasteiger partial charge in [-0.1, -0.05) is 38.1 Å². The van der Waals surface area contributed by atoms with Crippen molar-refractivity contribution in [3.8, 4) is 11.4 Å². The van der Waals surface area contributed by atoms with Gasteiger partial charge in [-0.3, -0.25) is 5.10 Å². The van der Waals surface area contributed by atoms with Gasteiger partial charge in [-0.05, 0) is 11.5 Å². The number of aromatic nitrogens is 3. The third-order valence-corrected chi connectivity index (χ3v) is 2.56. The fourth-order valence-corrected chi connectivity index (χ4v) is 1.53. The minimum Gasteiger partial charge on any atom is -0.324 e. The van der Waals surface area contributed by atoms with Crippen molar-refractivity contribution in [3.63, 3.8) is 0 Å². The molecule has 3 N–H and O–H groups in total. The number of nitrogens with zero attached hydrogens (tertiary/aromatic N) is 2. The molecule has 0 aliphatic heterocycles. The fraction of sp³-hybridized carbons (Fsp3) is 0.333.